The average molecular weight is 301 g/mol. The molecule has 1 aromatic rings. The maximum Gasteiger partial charge on any atom is 0.337 e. The fraction of sp³-hybridized carbons (Fsp3) is 0.500. The molecule has 0 bridgehead atoms. The normalized spacial score (nSPS) is 12.1. The van der Waals surface area contributed by atoms with Crippen molar-refractivity contribution in [2.24, 2.45) is 0 Å². The van der Waals surface area contributed by atoms with E-state index in [1.807, 2.05) is 19.9 Å². The molecule has 5 nitrogen and oxygen atoms in total. The van der Waals surface area contributed by atoms with Crippen LogP contribution in [0.5, 0.6) is 0 Å². The Hall–Kier alpha value is -1.46. The zero-order chi connectivity index (χ0) is 15.1. The number of ether oxygens (including phenoxy) is 1. The van der Waals surface area contributed by atoms with Crippen molar-refractivity contribution in [3.8, 4) is 0 Å². The Labute approximate surface area is 124 Å². The Balaban J connectivity index is 2.96. The first-order valence-electron chi connectivity index (χ1n) is 6.44. The first-order chi connectivity index (χ1) is 9.47. The molecule has 20 heavy (non-hydrogen) atoms. The van der Waals surface area contributed by atoms with Crippen molar-refractivity contribution in [2.75, 3.05) is 30.2 Å². The van der Waals surface area contributed by atoms with Crippen LogP contribution < -0.4 is 10.6 Å². The Morgan fingerprint density at radius 3 is 2.65 bits per heavy atom. The van der Waals surface area contributed by atoms with Gasteiger partial charge in [0.2, 0.25) is 0 Å². The summed E-state index contributed by atoms with van der Waals surface area (Å²) in [5.74, 6) is -0.251. The van der Waals surface area contributed by atoms with Crippen molar-refractivity contribution in [3.05, 3.63) is 23.8 Å². The third-order valence-corrected chi connectivity index (χ3v) is 2.95. The lowest BCUT2D eigenvalue weighted by atomic mass is 10.1. The van der Waals surface area contributed by atoms with E-state index in [0.717, 1.165) is 11.4 Å². The summed E-state index contributed by atoms with van der Waals surface area (Å²) < 4.78 is 4.70. The molecule has 0 aromatic heterocycles. The van der Waals surface area contributed by atoms with E-state index in [-0.39, 0.29) is 11.9 Å². The quantitative estimate of drug-likeness (QED) is 0.532. The second-order valence-electron chi connectivity index (χ2n) is 4.74. The molecule has 0 aliphatic heterocycles. The standard InChI is InChI=1S/C14H21ClN2O3/c1-9(2)17-12-5-4-10(14(19)20-3)6-13(12)16-8-11(18)7-15/h4-6,9,11,16-18H,7-8H2,1-3H3. The van der Waals surface area contributed by atoms with E-state index >= 15 is 0 Å². The van der Waals surface area contributed by atoms with Crippen LogP contribution in [0.25, 0.3) is 0 Å². The van der Waals surface area contributed by atoms with Gasteiger partial charge in [-0.2, -0.15) is 0 Å². The Morgan fingerprint density at radius 1 is 1.40 bits per heavy atom. The minimum absolute atomic E-state index is 0.149. The summed E-state index contributed by atoms with van der Waals surface area (Å²) >= 11 is 5.57. The lowest BCUT2D eigenvalue weighted by Crippen LogP contribution is -2.22. The number of carbonyl (C=O) groups is 1. The van der Waals surface area contributed by atoms with Crippen molar-refractivity contribution >= 4 is 28.9 Å². The highest BCUT2D eigenvalue weighted by atomic mass is 35.5. The molecule has 0 saturated heterocycles. The number of benzene rings is 1. The van der Waals surface area contributed by atoms with E-state index in [2.05, 4.69) is 10.6 Å². The molecule has 1 rings (SSSR count). The number of esters is 1. The maximum atomic E-state index is 11.6. The highest BCUT2D eigenvalue weighted by molar-refractivity contribution is 6.18. The molecule has 0 fully saturated rings. The number of methoxy groups -OCH3 is 1. The topological polar surface area (TPSA) is 70.6 Å². The molecule has 0 aliphatic rings. The number of aliphatic hydroxyl groups excluding tert-OH is 1. The summed E-state index contributed by atoms with van der Waals surface area (Å²) in [6.07, 6.45) is -0.648. The van der Waals surface area contributed by atoms with Gasteiger partial charge >= 0.3 is 5.97 Å². The molecule has 0 saturated carbocycles. The number of aliphatic hydroxyl groups is 1. The van der Waals surface area contributed by atoms with Crippen molar-refractivity contribution in [1.29, 1.82) is 0 Å². The van der Waals surface area contributed by atoms with Crippen LogP contribution in [0, 0.1) is 0 Å². The van der Waals surface area contributed by atoms with Gasteiger partial charge < -0.3 is 20.5 Å². The molecule has 0 heterocycles. The summed E-state index contributed by atoms with van der Waals surface area (Å²) in [5, 5.41) is 15.9. The summed E-state index contributed by atoms with van der Waals surface area (Å²) in [4.78, 5) is 11.6. The van der Waals surface area contributed by atoms with Gasteiger partial charge in [-0.15, -0.1) is 11.6 Å². The molecular formula is C14H21ClN2O3. The van der Waals surface area contributed by atoms with Crippen LogP contribution in [-0.2, 0) is 4.74 Å². The van der Waals surface area contributed by atoms with Crippen LogP contribution in [0.2, 0.25) is 0 Å². The third kappa shape index (κ3) is 4.90. The number of alkyl halides is 1. The zero-order valence-electron chi connectivity index (χ0n) is 11.9. The van der Waals surface area contributed by atoms with Crippen LogP contribution in [-0.4, -0.2) is 42.8 Å². The first-order valence-corrected chi connectivity index (χ1v) is 6.98. The molecular weight excluding hydrogens is 280 g/mol. The Morgan fingerprint density at radius 2 is 2.10 bits per heavy atom. The van der Waals surface area contributed by atoms with Crippen LogP contribution in [0.15, 0.2) is 18.2 Å². The van der Waals surface area contributed by atoms with Gasteiger partial charge in [-0.05, 0) is 32.0 Å². The van der Waals surface area contributed by atoms with Crippen molar-refractivity contribution < 1.29 is 14.6 Å². The number of hydrogen-bond acceptors (Lipinski definition) is 5. The van der Waals surface area contributed by atoms with Gasteiger partial charge in [0.1, 0.15) is 0 Å². The number of carbonyl (C=O) groups excluding carboxylic acids is 1. The monoisotopic (exact) mass is 300 g/mol. The Bertz CT molecular complexity index is 452. The van der Waals surface area contributed by atoms with Gasteiger partial charge in [0.05, 0.1) is 36.0 Å². The molecule has 6 heteroatoms. The highest BCUT2D eigenvalue weighted by Gasteiger charge is 2.11. The summed E-state index contributed by atoms with van der Waals surface area (Å²) in [5.41, 5.74) is 2.03. The number of rotatable bonds is 7. The van der Waals surface area contributed by atoms with Gasteiger partial charge in [-0.3, -0.25) is 0 Å². The molecule has 0 radical (unpaired) electrons. The molecule has 3 N–H and O–H groups in total. The predicted molar refractivity (Wildman–Crippen MR) is 81.8 cm³/mol. The lowest BCUT2D eigenvalue weighted by molar-refractivity contribution is 0.0601. The second-order valence-corrected chi connectivity index (χ2v) is 5.05. The van der Waals surface area contributed by atoms with Gasteiger partial charge in [0, 0.05) is 12.6 Å². The van der Waals surface area contributed by atoms with E-state index in [4.69, 9.17) is 16.3 Å². The molecule has 0 spiro atoms. The number of nitrogens with one attached hydrogen (secondary N) is 2. The molecule has 0 aliphatic carbocycles. The van der Waals surface area contributed by atoms with Gasteiger partial charge in [-0.1, -0.05) is 0 Å². The number of hydrogen-bond donors (Lipinski definition) is 3. The second kappa shape index (κ2) is 7.97. The van der Waals surface area contributed by atoms with E-state index < -0.39 is 12.1 Å². The Kier molecular flexibility index (Phi) is 6.61. The largest absolute Gasteiger partial charge is 0.465 e. The molecule has 1 unspecified atom stereocenters. The minimum Gasteiger partial charge on any atom is -0.465 e. The molecule has 1 aromatic carbocycles. The predicted octanol–water partition coefficient (Wildman–Crippen LogP) is 2.31. The zero-order valence-corrected chi connectivity index (χ0v) is 12.7. The van der Waals surface area contributed by atoms with Crippen molar-refractivity contribution in [3.63, 3.8) is 0 Å². The van der Waals surface area contributed by atoms with E-state index in [1.54, 1.807) is 12.1 Å². The average Bonchev–Trinajstić information content (AvgIpc) is 2.44. The summed E-state index contributed by atoms with van der Waals surface area (Å²) in [6, 6.07) is 5.44. The van der Waals surface area contributed by atoms with Crippen LogP contribution in [0.4, 0.5) is 11.4 Å². The molecule has 112 valence electrons. The first kappa shape index (κ1) is 16.6. The smallest absolute Gasteiger partial charge is 0.337 e. The van der Waals surface area contributed by atoms with Crippen LogP contribution in [0.3, 0.4) is 0 Å². The summed E-state index contributed by atoms with van der Waals surface area (Å²) in [7, 11) is 1.34. The van der Waals surface area contributed by atoms with Gasteiger partial charge in [0.15, 0.2) is 0 Å². The SMILES string of the molecule is COC(=O)c1ccc(NC(C)C)c(NCC(O)CCl)c1. The molecule has 0 amide bonds. The van der Waals surface area contributed by atoms with E-state index in [0.29, 0.717) is 12.1 Å². The van der Waals surface area contributed by atoms with Gasteiger partial charge in [0.25, 0.3) is 0 Å². The van der Waals surface area contributed by atoms with Crippen LogP contribution in [0.1, 0.15) is 24.2 Å². The lowest BCUT2D eigenvalue weighted by Gasteiger charge is -2.18. The fourth-order valence-corrected chi connectivity index (χ4v) is 1.76. The van der Waals surface area contributed by atoms with E-state index in [9.17, 15) is 9.90 Å². The van der Waals surface area contributed by atoms with Gasteiger partial charge in [-0.25, -0.2) is 4.79 Å². The third-order valence-electron chi connectivity index (χ3n) is 2.59. The number of anilines is 2. The van der Waals surface area contributed by atoms with Crippen LogP contribution >= 0.6 is 11.6 Å². The number of halogens is 1. The van der Waals surface area contributed by atoms with Crippen molar-refractivity contribution in [1.82, 2.24) is 0 Å². The maximum absolute atomic E-state index is 11.6. The summed E-state index contributed by atoms with van der Waals surface area (Å²) in [6.45, 7) is 4.35. The fourth-order valence-electron chi connectivity index (χ4n) is 1.65. The highest BCUT2D eigenvalue weighted by Crippen LogP contribution is 2.24. The molecule has 1 atom stereocenters. The van der Waals surface area contributed by atoms with E-state index in [1.165, 1.54) is 7.11 Å². The van der Waals surface area contributed by atoms with Crippen molar-refractivity contribution in [2.45, 2.75) is 26.0 Å². The minimum atomic E-state index is -0.648.